The van der Waals surface area contributed by atoms with Gasteiger partial charge in [-0.05, 0) is 99.8 Å². The van der Waals surface area contributed by atoms with Crippen molar-refractivity contribution in [3.05, 3.63) is 122 Å². The molecule has 23 N–H and O–H groups in total. The third-order valence-corrected chi connectivity index (χ3v) is 26.7. The minimum atomic E-state index is -5.85. The lowest BCUT2D eigenvalue weighted by Gasteiger charge is -2.34. The second-order valence-electron chi connectivity index (χ2n) is 30.3. The molecule has 0 spiro atoms. The van der Waals surface area contributed by atoms with Crippen molar-refractivity contribution in [1.29, 1.82) is 0 Å². The molecule has 10 rings (SSSR count). The number of allylic oxidation sites excluding steroid dienone is 5. The van der Waals surface area contributed by atoms with E-state index in [1.807, 2.05) is 0 Å². The second kappa shape index (κ2) is 39.6. The van der Waals surface area contributed by atoms with Crippen LogP contribution in [0.4, 0.5) is 22.0 Å². The summed E-state index contributed by atoms with van der Waals surface area (Å²) < 4.78 is 204. The van der Waals surface area contributed by atoms with Crippen molar-refractivity contribution in [2.45, 2.75) is 199 Å². The van der Waals surface area contributed by atoms with Gasteiger partial charge in [-0.3, -0.25) is 71.4 Å². The SMILES string of the molecule is C=C1C=CN([C@@H]2O[C@](F)(CO)[C@@H](O)[C@@]2(C)O)C(=O)C1.C=C1C=CN([C@@H]2O[C@](F)(COP(=O)(O)N[C@@H](C)C(=O)O)[C@@H](O)[C@@]2(C)O)C(=O)C1.C=C1C=CN([C@@H]2O[C@](F)(COP(=O)(O)O)[C@@H](O)[C@@]2(C)O)C(=O)C1.C=C1C=CN([C@@H]2O[C@](F)(COP(=O)(O)OP(=O)(O)O)[C@@H](O)[C@@]2(C)O)C(=O)C1.C=C1C=CN([C@@H]2O[C@](F)(COP(=O)(O)OP(=O)(O)OP(=O)(O)O)[C@@H](O)[C@@]2(C)O)C(=O)C1. The predicted octanol–water partition coefficient (Wildman–Crippen LogP) is -2.04. The summed E-state index contributed by atoms with van der Waals surface area (Å²) in [5, 5.41) is 121. The highest BCUT2D eigenvalue weighted by Gasteiger charge is 2.70. The van der Waals surface area contributed by atoms with E-state index in [-0.39, 0.29) is 32.1 Å². The maximum Gasteiger partial charge on any atom is 0.490 e. The number of phosphoric acid groups is 6. The van der Waals surface area contributed by atoms with Crippen LogP contribution in [0.2, 0.25) is 0 Å². The number of aliphatic hydroxyl groups excluding tert-OH is 6. The number of carbonyl (C=O) groups excluding carboxylic acids is 5. The molecule has 5 fully saturated rings. The van der Waals surface area contributed by atoms with Gasteiger partial charge in [-0.2, -0.15) is 12.9 Å². The first-order valence-corrected chi connectivity index (χ1v) is 46.3. The van der Waals surface area contributed by atoms with Crippen molar-refractivity contribution < 1.29 is 248 Å². The number of carboxylic acids is 1. The summed E-state index contributed by atoms with van der Waals surface area (Å²) in [6, 6.07) is -1.49. The Hall–Kier alpha value is -5.88. The van der Waals surface area contributed by atoms with Gasteiger partial charge in [0.15, 0.2) is 31.1 Å². The van der Waals surface area contributed by atoms with Crippen molar-refractivity contribution in [3.63, 3.8) is 0 Å². The molecule has 0 bridgehead atoms. The van der Waals surface area contributed by atoms with Gasteiger partial charge in [0.05, 0.1) is 32.1 Å². The number of halogens is 5. The van der Waals surface area contributed by atoms with E-state index in [4.69, 9.17) is 68.2 Å². The van der Waals surface area contributed by atoms with Crippen molar-refractivity contribution in [2.24, 2.45) is 0 Å². The Labute approximate surface area is 718 Å². The molecule has 10 aliphatic heterocycles. The molecule has 10 heterocycles. The minimum Gasteiger partial charge on any atom is -0.480 e. The van der Waals surface area contributed by atoms with Crippen LogP contribution in [0.1, 0.15) is 73.6 Å². The van der Waals surface area contributed by atoms with Crippen molar-refractivity contribution in [1.82, 2.24) is 29.6 Å². The van der Waals surface area contributed by atoms with E-state index in [1.165, 1.54) is 49.0 Å². The monoisotopic (exact) mass is 2000 g/mol. The zero-order valence-corrected chi connectivity index (χ0v) is 73.3. The van der Waals surface area contributed by atoms with E-state index in [2.05, 4.69) is 63.9 Å². The highest BCUT2D eigenvalue weighted by Crippen LogP contribution is 2.67. The highest BCUT2D eigenvalue weighted by molar-refractivity contribution is 7.66. The van der Waals surface area contributed by atoms with Gasteiger partial charge in [0.1, 0.15) is 97.6 Å². The van der Waals surface area contributed by atoms with Gasteiger partial charge in [0, 0.05) is 31.0 Å². The van der Waals surface area contributed by atoms with Crippen molar-refractivity contribution >= 4 is 90.2 Å². The topological polar surface area (TPSA) is 806 Å². The fraction of sp³-hybridized carbons (Fsp3) is 0.587. The third-order valence-electron chi connectivity index (χ3n) is 19.1. The van der Waals surface area contributed by atoms with Gasteiger partial charge in [-0.15, -0.1) is 0 Å². The van der Waals surface area contributed by atoms with Crippen LogP contribution in [0.25, 0.3) is 0 Å². The Bertz CT molecular complexity index is 4850. The molecule has 0 saturated carbocycles. The van der Waals surface area contributed by atoms with Gasteiger partial charge in [0.25, 0.3) is 29.3 Å². The molecule has 128 heavy (non-hydrogen) atoms. The number of alkyl halides is 5. The Kier molecular flexibility index (Phi) is 34.3. The van der Waals surface area contributed by atoms with E-state index >= 15 is 8.78 Å². The van der Waals surface area contributed by atoms with E-state index in [9.17, 15) is 140 Å². The standard InChI is InChI=1S/C15H22FN2O9P.C12H19FNO14P3.C12H18FNO11P2.C12H17FNO8P.C12H16FNO5/c1-8-4-5-18(10(19)6-8)13-14(3,23)12(22)15(16,27-13)7-26-28(24,25)17-9(2)11(20)21;1-7-3-4-14(8(15)5-7)10-11(2,17)9(16)12(13,26-10)6-25-30(21,22)28-31(23,24)27-29(18,19)20;1-7-3-4-14(8(15)5-7)10-11(2,17)9(16)12(13,24-10)6-23-27(21,22)25-26(18,19)20;1-7-3-4-14(8(15)5-7)10-11(2,17)9(16)12(13,22-10)6-21-23(18,19)20;1-7-3-4-14(8(16)5-7)10-11(2,18)9(17)12(13,6-15)19-10/h4-5,9,12-13,22-23H,1,6-7H2,2-3H3,(H,20,21)(H2,17,24,25);3-4,9-10,16-17H,1,5-6H2,2H3,(H,21,22)(H,23,24)(H2,18,19,20);3-4,9-10,16-17H,1,5-6H2,2H3,(H,21,22)(H2,18,19,20);3-4,9-10,16-17H,1,5-6H2,2H3,(H2,18,19,20);3-4,9-10,15,17-18H,1,5-6H2,2H3/t9-,12-,13+,14+,15+;4*9-,10+,11+,12+/m00000/s1. The van der Waals surface area contributed by atoms with Crippen molar-refractivity contribution in [2.75, 3.05) is 33.0 Å². The van der Waals surface area contributed by atoms with E-state index in [0.29, 0.717) is 27.9 Å². The number of hydrogen-bond acceptors (Lipinski definition) is 36. The summed E-state index contributed by atoms with van der Waals surface area (Å²) in [5.74, 6) is -20.1. The summed E-state index contributed by atoms with van der Waals surface area (Å²) >= 11 is 0. The molecule has 4 unspecified atom stereocenters. The lowest BCUT2D eigenvalue weighted by atomic mass is 9.94. The fourth-order valence-electron chi connectivity index (χ4n) is 12.6. The molecule has 5 amide bonds. The number of aliphatic hydroxyl groups is 11. The average molecular weight is 2000 g/mol. The van der Waals surface area contributed by atoms with Crippen LogP contribution < -0.4 is 5.09 Å². The maximum absolute atomic E-state index is 15.1. The smallest absolute Gasteiger partial charge is 0.480 e. The Morgan fingerprint density at radius 2 is 0.609 bits per heavy atom. The first-order valence-electron chi connectivity index (χ1n) is 35.7. The third kappa shape index (κ3) is 26.8. The zero-order chi connectivity index (χ0) is 98.4. The molecule has 0 aromatic rings. The predicted molar refractivity (Wildman–Crippen MR) is 405 cm³/mol. The number of nitrogens with zero attached hydrogens (tertiary/aromatic N) is 5. The van der Waals surface area contributed by atoms with Gasteiger partial charge in [-0.1, -0.05) is 32.9 Å². The van der Waals surface area contributed by atoms with Crippen LogP contribution in [0.15, 0.2) is 122 Å². The molecule has 25 atom stereocenters. The van der Waals surface area contributed by atoms with Crippen LogP contribution in [0, 0.1) is 0 Å². The molecule has 5 saturated heterocycles. The van der Waals surface area contributed by atoms with Crippen LogP contribution in [-0.2, 0) is 115 Å². The summed E-state index contributed by atoms with van der Waals surface area (Å²) in [4.78, 5) is 164. The highest BCUT2D eigenvalue weighted by atomic mass is 31.3. The maximum atomic E-state index is 15.1. The zero-order valence-electron chi connectivity index (χ0n) is 67.0. The van der Waals surface area contributed by atoms with Crippen LogP contribution in [-0.4, -0.2) is 328 Å². The Morgan fingerprint density at radius 1 is 0.398 bits per heavy atom. The van der Waals surface area contributed by atoms with Gasteiger partial charge in [-0.25, -0.2) is 59.0 Å². The number of ether oxygens (including phenoxy) is 5. The quantitative estimate of drug-likeness (QED) is 0.0311. The number of aliphatic carboxylic acids is 1. The lowest BCUT2D eigenvalue weighted by Crippen LogP contribution is -2.54. The molecule has 10 aliphatic rings. The first-order chi connectivity index (χ1) is 57.6. The number of hydrogen-bond donors (Lipinski definition) is 23. The average Bonchev–Trinajstić information content (AvgIpc) is 1.61. The second-order valence-corrected chi connectivity index (χ2v) is 40.3. The fourth-order valence-corrected chi connectivity index (χ4v) is 18.6. The normalized spacial score (nSPS) is 37.7. The lowest BCUT2D eigenvalue weighted by molar-refractivity contribution is -0.213. The van der Waals surface area contributed by atoms with Crippen molar-refractivity contribution in [3.8, 4) is 0 Å². The molecular weight excluding hydrogens is 1900 g/mol. The van der Waals surface area contributed by atoms with Gasteiger partial charge < -0.3 is 134 Å². The minimum absolute atomic E-state index is 0.0148. The molecule has 0 radical (unpaired) electrons. The molecular formula is C63H92F5N6O47P7. The number of carboxylic acid groups (broad SMARTS) is 1. The molecule has 65 heteroatoms. The number of carbonyl (C=O) groups is 6. The molecule has 53 nitrogen and oxygen atoms in total. The summed E-state index contributed by atoms with van der Waals surface area (Å²) in [6.45, 7) is 17.1. The van der Waals surface area contributed by atoms with Gasteiger partial charge >= 0.3 is 60.7 Å². The van der Waals surface area contributed by atoms with Gasteiger partial charge in [0.2, 0.25) is 29.5 Å². The van der Waals surface area contributed by atoms with E-state index in [0.717, 1.165) is 78.4 Å². The molecule has 726 valence electrons. The van der Waals surface area contributed by atoms with Crippen LogP contribution >= 0.6 is 54.7 Å². The summed E-state index contributed by atoms with van der Waals surface area (Å²) in [5.41, 5.74) is -9.02. The molecule has 0 aliphatic carbocycles. The number of phosphoric ester groups is 3. The largest absolute Gasteiger partial charge is 0.490 e. The first kappa shape index (κ1) is 111. The summed E-state index contributed by atoms with van der Waals surface area (Å²) in [7, 11) is -37.9. The number of rotatable bonds is 27. The van der Waals surface area contributed by atoms with Crippen LogP contribution in [0.3, 0.4) is 0 Å². The molecule has 0 aromatic heterocycles. The Morgan fingerprint density at radius 3 is 0.820 bits per heavy atom. The van der Waals surface area contributed by atoms with Crippen LogP contribution in [0.5, 0.6) is 0 Å². The molecule has 0 aromatic carbocycles. The number of amides is 5. The Balaban J connectivity index is 0.000000249. The van der Waals surface area contributed by atoms with E-state index < -0.39 is 248 Å². The van der Waals surface area contributed by atoms with E-state index in [1.54, 1.807) is 5.09 Å². The summed E-state index contributed by atoms with van der Waals surface area (Å²) in [6.07, 6.45) is -6.87. The number of nitrogens with one attached hydrogen (secondary N) is 1.